The Morgan fingerprint density at radius 3 is 2.77 bits per heavy atom. The monoisotopic (exact) mass is 527 g/mol. The van der Waals surface area contributed by atoms with Gasteiger partial charge in [0.15, 0.2) is 0 Å². The van der Waals surface area contributed by atoms with E-state index >= 15 is 0 Å². The van der Waals surface area contributed by atoms with Crippen LogP contribution in [0.15, 0.2) is 54.9 Å². The van der Waals surface area contributed by atoms with Crippen LogP contribution in [-0.4, -0.2) is 72.5 Å². The van der Waals surface area contributed by atoms with E-state index in [2.05, 4.69) is 30.4 Å². The number of aryl methyl sites for hydroxylation is 1. The number of nitrogens with zero attached hydrogens (tertiary/aromatic N) is 8. The van der Waals surface area contributed by atoms with Gasteiger partial charge in [0.2, 0.25) is 5.82 Å². The van der Waals surface area contributed by atoms with Crippen LogP contribution in [0.2, 0.25) is 0 Å². The van der Waals surface area contributed by atoms with Crippen LogP contribution >= 0.6 is 0 Å². The first kappa shape index (κ1) is 24.7. The van der Waals surface area contributed by atoms with Crippen molar-refractivity contribution in [1.29, 1.82) is 0 Å². The average Bonchev–Trinajstić information content (AvgIpc) is 3.53. The molecule has 0 bridgehead atoms. The molecule has 1 atom stereocenters. The summed E-state index contributed by atoms with van der Waals surface area (Å²) in [4.78, 5) is 38.6. The fourth-order valence-electron chi connectivity index (χ4n) is 4.92. The number of likely N-dealkylation sites (N-methyl/N-ethyl adjacent to an activating group) is 1. The lowest BCUT2D eigenvalue weighted by Crippen LogP contribution is -2.49. The Bertz CT molecular complexity index is 1510. The lowest BCUT2D eigenvalue weighted by atomic mass is 10.1. The van der Waals surface area contributed by atoms with Gasteiger partial charge in [0.25, 0.3) is 11.8 Å². The SMILES string of the molecule is Cc1nc2n(n1)CCN(Cc1ccc3c(c1)OC[C@@H](NC(=O)c1ncn(Cc4ccccc4)n1)C(=O)N3C)C2. The third kappa shape index (κ3) is 5.23. The van der Waals surface area contributed by atoms with E-state index in [4.69, 9.17) is 4.74 Å². The molecule has 0 spiro atoms. The first-order valence-corrected chi connectivity index (χ1v) is 12.8. The van der Waals surface area contributed by atoms with Gasteiger partial charge in [0.05, 0.1) is 25.3 Å². The molecule has 2 aromatic carbocycles. The zero-order chi connectivity index (χ0) is 26.9. The standard InChI is InChI=1S/C27H29N9O3/c1-18-29-24-15-34(10-11-36(24)31-18)13-20-8-9-22-23(12-20)39-16-21(27(38)33(22)2)30-26(37)25-28-17-35(32-25)14-19-6-4-3-5-7-19/h3-9,12,17,21H,10-11,13-16H2,1-2H3,(H,30,37)/t21-/m1/s1. The number of carbonyl (C=O) groups is 2. The van der Waals surface area contributed by atoms with Crippen LogP contribution in [0, 0.1) is 6.92 Å². The van der Waals surface area contributed by atoms with Crippen molar-refractivity contribution in [3.63, 3.8) is 0 Å². The zero-order valence-electron chi connectivity index (χ0n) is 21.8. The van der Waals surface area contributed by atoms with Gasteiger partial charge in [-0.05, 0) is 30.2 Å². The maximum Gasteiger partial charge on any atom is 0.291 e. The molecule has 2 aliphatic rings. The maximum absolute atomic E-state index is 13.2. The van der Waals surface area contributed by atoms with E-state index in [9.17, 15) is 9.59 Å². The number of hydrogen-bond acceptors (Lipinski definition) is 8. The molecule has 2 aliphatic heterocycles. The van der Waals surface area contributed by atoms with Gasteiger partial charge in [-0.1, -0.05) is 36.4 Å². The Kier molecular flexibility index (Phi) is 6.53. The number of aromatic nitrogens is 6. The van der Waals surface area contributed by atoms with Crippen LogP contribution < -0.4 is 15.0 Å². The Hall–Kier alpha value is -4.58. The molecule has 4 heterocycles. The lowest BCUT2D eigenvalue weighted by Gasteiger charge is -2.27. The molecule has 6 rings (SSSR count). The molecule has 0 fully saturated rings. The van der Waals surface area contributed by atoms with Crippen molar-refractivity contribution < 1.29 is 14.3 Å². The maximum atomic E-state index is 13.2. The highest BCUT2D eigenvalue weighted by Crippen LogP contribution is 2.32. The summed E-state index contributed by atoms with van der Waals surface area (Å²) in [6.07, 6.45) is 1.50. The summed E-state index contributed by atoms with van der Waals surface area (Å²) < 4.78 is 9.60. The third-order valence-corrected chi connectivity index (χ3v) is 6.91. The second kappa shape index (κ2) is 10.3. The number of benzene rings is 2. The number of hydrogen-bond donors (Lipinski definition) is 1. The molecule has 4 aromatic rings. The summed E-state index contributed by atoms with van der Waals surface area (Å²) in [7, 11) is 1.68. The third-order valence-electron chi connectivity index (χ3n) is 6.91. The van der Waals surface area contributed by atoms with Gasteiger partial charge in [-0.25, -0.2) is 19.3 Å². The largest absolute Gasteiger partial charge is 0.489 e. The van der Waals surface area contributed by atoms with Gasteiger partial charge in [-0.2, -0.15) is 5.10 Å². The van der Waals surface area contributed by atoms with Crippen LogP contribution in [-0.2, 0) is 31.0 Å². The molecule has 200 valence electrons. The van der Waals surface area contributed by atoms with Crippen molar-refractivity contribution >= 4 is 17.5 Å². The highest BCUT2D eigenvalue weighted by atomic mass is 16.5. The Morgan fingerprint density at radius 1 is 1.08 bits per heavy atom. The first-order valence-electron chi connectivity index (χ1n) is 12.8. The summed E-state index contributed by atoms with van der Waals surface area (Å²) in [6, 6.07) is 14.7. The average molecular weight is 528 g/mol. The van der Waals surface area contributed by atoms with Crippen LogP contribution in [0.4, 0.5) is 5.69 Å². The predicted molar refractivity (Wildman–Crippen MR) is 141 cm³/mol. The van der Waals surface area contributed by atoms with E-state index in [-0.39, 0.29) is 18.3 Å². The molecule has 2 aromatic heterocycles. The topological polar surface area (TPSA) is 123 Å². The quantitative estimate of drug-likeness (QED) is 0.399. The zero-order valence-corrected chi connectivity index (χ0v) is 21.8. The molecular formula is C27H29N9O3. The molecule has 0 radical (unpaired) electrons. The second-order valence-corrected chi connectivity index (χ2v) is 9.80. The van der Waals surface area contributed by atoms with Gasteiger partial charge < -0.3 is 15.0 Å². The molecule has 12 heteroatoms. The van der Waals surface area contributed by atoms with Crippen LogP contribution in [0.25, 0.3) is 0 Å². The number of amides is 2. The van der Waals surface area contributed by atoms with Crippen molar-refractivity contribution in [2.75, 3.05) is 25.1 Å². The number of rotatable bonds is 6. The van der Waals surface area contributed by atoms with Gasteiger partial charge in [-0.3, -0.25) is 14.5 Å². The smallest absolute Gasteiger partial charge is 0.291 e. The number of ether oxygens (including phenoxy) is 1. The second-order valence-electron chi connectivity index (χ2n) is 9.80. The molecule has 2 amide bonds. The minimum Gasteiger partial charge on any atom is -0.489 e. The van der Waals surface area contributed by atoms with E-state index in [1.807, 2.05) is 60.1 Å². The van der Waals surface area contributed by atoms with E-state index < -0.39 is 11.9 Å². The first-order chi connectivity index (χ1) is 18.9. The molecule has 0 aliphatic carbocycles. The minimum atomic E-state index is -0.879. The van der Waals surface area contributed by atoms with Crippen molar-refractivity contribution in [2.24, 2.45) is 0 Å². The fourth-order valence-corrected chi connectivity index (χ4v) is 4.92. The molecule has 0 saturated heterocycles. The highest BCUT2D eigenvalue weighted by molar-refractivity contribution is 6.02. The van der Waals surface area contributed by atoms with Crippen LogP contribution in [0.5, 0.6) is 5.75 Å². The van der Waals surface area contributed by atoms with E-state index in [0.29, 0.717) is 18.0 Å². The summed E-state index contributed by atoms with van der Waals surface area (Å²) in [5.41, 5.74) is 2.76. The molecule has 1 N–H and O–H groups in total. The van der Waals surface area contributed by atoms with Crippen molar-refractivity contribution in [2.45, 2.75) is 39.1 Å². The number of fused-ring (bicyclic) bond motifs is 2. The van der Waals surface area contributed by atoms with Gasteiger partial charge >= 0.3 is 0 Å². The van der Waals surface area contributed by atoms with Crippen LogP contribution in [0.3, 0.4) is 0 Å². The Labute approximate surface area is 225 Å². The van der Waals surface area contributed by atoms with Crippen molar-refractivity contribution in [1.82, 2.24) is 39.7 Å². The van der Waals surface area contributed by atoms with Gasteiger partial charge in [0, 0.05) is 20.1 Å². The molecule has 39 heavy (non-hydrogen) atoms. The Morgan fingerprint density at radius 2 is 1.92 bits per heavy atom. The number of nitrogens with one attached hydrogen (secondary N) is 1. The molecule has 12 nitrogen and oxygen atoms in total. The van der Waals surface area contributed by atoms with E-state index in [1.165, 1.54) is 11.2 Å². The van der Waals surface area contributed by atoms with Gasteiger partial charge in [-0.15, -0.1) is 5.10 Å². The van der Waals surface area contributed by atoms with E-state index in [1.54, 1.807) is 11.7 Å². The molecule has 0 unspecified atom stereocenters. The highest BCUT2D eigenvalue weighted by Gasteiger charge is 2.32. The minimum absolute atomic E-state index is 0.00186. The summed E-state index contributed by atoms with van der Waals surface area (Å²) in [5, 5.41) is 11.4. The molecule has 0 saturated carbocycles. The Balaban J connectivity index is 1.10. The summed E-state index contributed by atoms with van der Waals surface area (Å²) in [5.74, 6) is 1.55. The van der Waals surface area contributed by atoms with Gasteiger partial charge in [0.1, 0.15) is 36.4 Å². The van der Waals surface area contributed by atoms with E-state index in [0.717, 1.165) is 49.0 Å². The molecular weight excluding hydrogens is 498 g/mol. The van der Waals surface area contributed by atoms with Crippen molar-refractivity contribution in [3.8, 4) is 5.75 Å². The number of anilines is 1. The predicted octanol–water partition coefficient (Wildman–Crippen LogP) is 1.40. The normalized spacial score (nSPS) is 17.2. The summed E-state index contributed by atoms with van der Waals surface area (Å²) in [6.45, 7) is 5.51. The van der Waals surface area contributed by atoms with Crippen LogP contribution in [0.1, 0.15) is 33.4 Å². The van der Waals surface area contributed by atoms with Crippen molar-refractivity contribution in [3.05, 3.63) is 83.5 Å². The lowest BCUT2D eigenvalue weighted by molar-refractivity contribution is -0.120. The fraction of sp³-hybridized carbons (Fsp3) is 0.333. The number of carbonyl (C=O) groups excluding carboxylic acids is 2. The summed E-state index contributed by atoms with van der Waals surface area (Å²) >= 11 is 0.